The van der Waals surface area contributed by atoms with Crippen molar-refractivity contribution < 1.29 is 14.3 Å². The van der Waals surface area contributed by atoms with E-state index >= 15 is 0 Å². The Labute approximate surface area is 138 Å². The van der Waals surface area contributed by atoms with E-state index in [0.29, 0.717) is 30.0 Å². The maximum atomic E-state index is 12.9. The van der Waals surface area contributed by atoms with Crippen molar-refractivity contribution >= 4 is 17.4 Å². The standard InChI is InChI=1S/C17H13ClN2O3/c18-11-3-1-10(2-4-11)13(21)14-16(8-19,9-20)17(14)6-5-12-7-22-15(17)23-12/h1-4,12,14-15H,5-7H2. The topological polar surface area (TPSA) is 83.1 Å². The van der Waals surface area contributed by atoms with Crippen LogP contribution in [0.1, 0.15) is 23.2 Å². The first-order valence-electron chi connectivity index (χ1n) is 7.48. The van der Waals surface area contributed by atoms with Crippen LogP contribution >= 0.6 is 11.6 Å². The lowest BCUT2D eigenvalue weighted by Crippen LogP contribution is -2.35. The van der Waals surface area contributed by atoms with Gasteiger partial charge in [0.25, 0.3) is 0 Å². The molecule has 0 amide bonds. The fraction of sp³-hybridized carbons (Fsp3) is 0.471. The number of hydrogen-bond acceptors (Lipinski definition) is 5. The first-order chi connectivity index (χ1) is 11.1. The van der Waals surface area contributed by atoms with E-state index in [2.05, 4.69) is 12.1 Å². The number of nitriles is 2. The van der Waals surface area contributed by atoms with Gasteiger partial charge in [0.15, 0.2) is 17.5 Å². The molecule has 3 aliphatic rings. The number of carbonyl (C=O) groups is 1. The summed E-state index contributed by atoms with van der Waals surface area (Å²) in [7, 11) is 0. The number of Topliss-reactive ketones (excluding diaryl/α,β-unsaturated/α-hetero) is 1. The van der Waals surface area contributed by atoms with E-state index in [1.807, 2.05) is 0 Å². The SMILES string of the molecule is N#CC1(C#N)C(C(=O)c2ccc(Cl)cc2)C12CCC1COC2O1. The summed E-state index contributed by atoms with van der Waals surface area (Å²) in [5, 5.41) is 19.8. The molecular weight excluding hydrogens is 316 g/mol. The van der Waals surface area contributed by atoms with Gasteiger partial charge in [-0.05, 0) is 37.1 Å². The summed E-state index contributed by atoms with van der Waals surface area (Å²) < 4.78 is 11.4. The van der Waals surface area contributed by atoms with Crippen LogP contribution in [0, 0.1) is 39.4 Å². The fourth-order valence-corrected chi connectivity index (χ4v) is 4.31. The van der Waals surface area contributed by atoms with Crippen LogP contribution in [0.15, 0.2) is 24.3 Å². The van der Waals surface area contributed by atoms with E-state index in [4.69, 9.17) is 21.1 Å². The van der Waals surface area contributed by atoms with Gasteiger partial charge in [0, 0.05) is 10.6 Å². The average Bonchev–Trinajstić information content (AvgIpc) is 2.94. The van der Waals surface area contributed by atoms with Gasteiger partial charge in [-0.1, -0.05) is 11.6 Å². The molecule has 3 fully saturated rings. The molecule has 6 heteroatoms. The molecule has 4 atom stereocenters. The van der Waals surface area contributed by atoms with Crippen LogP contribution < -0.4 is 0 Å². The minimum atomic E-state index is -1.39. The zero-order valence-corrected chi connectivity index (χ0v) is 12.9. The Bertz CT molecular complexity index is 750. The third-order valence-corrected chi connectivity index (χ3v) is 5.64. The van der Waals surface area contributed by atoms with Gasteiger partial charge in [-0.3, -0.25) is 4.79 Å². The van der Waals surface area contributed by atoms with Crippen LogP contribution in [-0.4, -0.2) is 24.8 Å². The molecule has 1 aromatic rings. The van der Waals surface area contributed by atoms with Gasteiger partial charge < -0.3 is 9.47 Å². The molecule has 4 rings (SSSR count). The second-order valence-electron chi connectivity index (χ2n) is 6.34. The molecule has 0 N–H and O–H groups in total. The molecule has 1 aliphatic carbocycles. The Hall–Kier alpha value is -1.92. The monoisotopic (exact) mass is 328 g/mol. The van der Waals surface area contributed by atoms with Crippen molar-refractivity contribution in [1.82, 2.24) is 0 Å². The molecule has 0 aromatic heterocycles. The molecule has 2 aliphatic heterocycles. The van der Waals surface area contributed by atoms with Crippen LogP contribution in [0.3, 0.4) is 0 Å². The van der Waals surface area contributed by atoms with Crippen LogP contribution in [-0.2, 0) is 9.47 Å². The van der Waals surface area contributed by atoms with Gasteiger partial charge in [0.05, 0.1) is 36.2 Å². The van der Waals surface area contributed by atoms with Crippen LogP contribution in [0.2, 0.25) is 5.02 Å². The summed E-state index contributed by atoms with van der Waals surface area (Å²) in [5.74, 6) is -0.947. The molecule has 23 heavy (non-hydrogen) atoms. The third kappa shape index (κ3) is 1.70. The molecule has 1 saturated carbocycles. The number of ketones is 1. The van der Waals surface area contributed by atoms with Gasteiger partial charge in [0.1, 0.15) is 0 Å². The van der Waals surface area contributed by atoms with E-state index < -0.39 is 23.0 Å². The summed E-state index contributed by atoms with van der Waals surface area (Å²) in [6.07, 6.45) is 0.647. The van der Waals surface area contributed by atoms with Gasteiger partial charge in [0.2, 0.25) is 0 Å². The van der Waals surface area contributed by atoms with Gasteiger partial charge >= 0.3 is 0 Å². The molecule has 5 nitrogen and oxygen atoms in total. The summed E-state index contributed by atoms with van der Waals surface area (Å²) in [5.41, 5.74) is -1.80. The van der Waals surface area contributed by atoms with E-state index in [1.165, 1.54) is 0 Å². The molecule has 1 aromatic carbocycles. The fourth-order valence-electron chi connectivity index (χ4n) is 4.18. The second kappa shape index (κ2) is 4.79. The van der Waals surface area contributed by atoms with E-state index in [1.54, 1.807) is 24.3 Å². The quantitative estimate of drug-likeness (QED) is 0.779. The zero-order valence-electron chi connectivity index (χ0n) is 12.2. The van der Waals surface area contributed by atoms with Crippen LogP contribution in [0.5, 0.6) is 0 Å². The summed E-state index contributed by atoms with van der Waals surface area (Å²) >= 11 is 5.86. The molecule has 116 valence electrons. The highest BCUT2D eigenvalue weighted by Gasteiger charge is 2.86. The van der Waals surface area contributed by atoms with E-state index in [0.717, 1.165) is 0 Å². The predicted molar refractivity (Wildman–Crippen MR) is 79.2 cm³/mol. The number of halogens is 1. The lowest BCUT2D eigenvalue weighted by molar-refractivity contribution is -0.140. The number of hydrogen-bond donors (Lipinski definition) is 0. The molecule has 1 spiro atoms. The maximum Gasteiger partial charge on any atom is 0.169 e. The zero-order chi connectivity index (χ0) is 16.2. The summed E-state index contributed by atoms with van der Waals surface area (Å²) in [4.78, 5) is 12.9. The first kappa shape index (κ1) is 14.7. The van der Waals surface area contributed by atoms with Crippen molar-refractivity contribution in [3.63, 3.8) is 0 Å². The largest absolute Gasteiger partial charge is 0.349 e. The Balaban J connectivity index is 1.75. The van der Waals surface area contributed by atoms with Crippen molar-refractivity contribution in [2.45, 2.75) is 25.2 Å². The Kier molecular flexibility index (Phi) is 3.05. The molecule has 0 radical (unpaired) electrons. The minimum absolute atomic E-state index is 0.00703. The molecule has 2 bridgehead atoms. The normalized spacial score (nSPS) is 36.2. The number of fused-ring (bicyclic) bond motifs is 3. The van der Waals surface area contributed by atoms with E-state index in [-0.39, 0.29) is 11.9 Å². The van der Waals surface area contributed by atoms with Gasteiger partial charge in [-0.2, -0.15) is 10.5 Å². The Morgan fingerprint density at radius 1 is 1.26 bits per heavy atom. The molecular formula is C17H13ClN2O3. The molecule has 4 unspecified atom stereocenters. The van der Waals surface area contributed by atoms with Crippen LogP contribution in [0.25, 0.3) is 0 Å². The maximum absolute atomic E-state index is 12.9. The van der Waals surface area contributed by atoms with Gasteiger partial charge in [-0.25, -0.2) is 0 Å². The minimum Gasteiger partial charge on any atom is -0.349 e. The van der Waals surface area contributed by atoms with Crippen molar-refractivity contribution in [3.05, 3.63) is 34.9 Å². The van der Waals surface area contributed by atoms with Crippen molar-refractivity contribution in [3.8, 4) is 12.1 Å². The lowest BCUT2D eigenvalue weighted by Gasteiger charge is -2.29. The van der Waals surface area contributed by atoms with Gasteiger partial charge in [-0.15, -0.1) is 0 Å². The predicted octanol–water partition coefficient (Wildman–Crippen LogP) is 2.71. The number of benzene rings is 1. The van der Waals surface area contributed by atoms with E-state index in [9.17, 15) is 15.3 Å². The highest BCUT2D eigenvalue weighted by Crippen LogP contribution is 2.76. The smallest absolute Gasteiger partial charge is 0.169 e. The van der Waals surface area contributed by atoms with Crippen molar-refractivity contribution in [2.75, 3.05) is 6.61 Å². The highest BCUT2D eigenvalue weighted by molar-refractivity contribution is 6.30. The second-order valence-corrected chi connectivity index (χ2v) is 6.77. The van der Waals surface area contributed by atoms with Crippen molar-refractivity contribution in [1.29, 1.82) is 10.5 Å². The molecule has 2 saturated heterocycles. The number of rotatable bonds is 2. The molecule has 2 heterocycles. The lowest BCUT2D eigenvalue weighted by atomic mass is 9.86. The number of ether oxygens (including phenoxy) is 2. The third-order valence-electron chi connectivity index (χ3n) is 5.39. The van der Waals surface area contributed by atoms with Crippen molar-refractivity contribution in [2.24, 2.45) is 16.7 Å². The number of carbonyl (C=O) groups excluding carboxylic acids is 1. The number of nitrogens with zero attached hydrogens (tertiary/aromatic N) is 2. The average molecular weight is 329 g/mol. The Morgan fingerprint density at radius 3 is 2.61 bits per heavy atom. The Morgan fingerprint density at radius 2 is 1.96 bits per heavy atom. The summed E-state index contributed by atoms with van der Waals surface area (Å²) in [6, 6.07) is 10.7. The highest BCUT2D eigenvalue weighted by atomic mass is 35.5. The van der Waals surface area contributed by atoms with Crippen LogP contribution in [0.4, 0.5) is 0 Å². The summed E-state index contributed by atoms with van der Waals surface area (Å²) in [6.45, 7) is 0.460. The first-order valence-corrected chi connectivity index (χ1v) is 7.86.